The zero-order valence-corrected chi connectivity index (χ0v) is 13.5. The van der Waals surface area contributed by atoms with Gasteiger partial charge in [-0.05, 0) is 25.0 Å². The standard InChI is InChI=1S/C15H21F3N4O/c1-20(2)14(23)21(3)11-6-9-22(10-7-11)13-12(15(16,17)18)5-4-8-19-13/h4-5,8,11H,6-7,9-10H2,1-3H3. The van der Waals surface area contributed by atoms with Crippen molar-refractivity contribution < 1.29 is 18.0 Å². The van der Waals surface area contributed by atoms with Crippen LogP contribution in [-0.2, 0) is 6.18 Å². The minimum atomic E-state index is -4.42. The molecule has 1 aromatic rings. The Labute approximate surface area is 133 Å². The smallest absolute Gasteiger partial charge is 0.356 e. The van der Waals surface area contributed by atoms with Crippen molar-refractivity contribution in [3.05, 3.63) is 23.9 Å². The molecule has 23 heavy (non-hydrogen) atoms. The van der Waals surface area contributed by atoms with Crippen molar-refractivity contribution in [3.63, 3.8) is 0 Å². The third-order valence-corrected chi connectivity index (χ3v) is 4.09. The number of carbonyl (C=O) groups is 1. The van der Waals surface area contributed by atoms with Crippen molar-refractivity contribution in [2.45, 2.75) is 25.1 Å². The molecular formula is C15H21F3N4O. The molecule has 1 aromatic heterocycles. The van der Waals surface area contributed by atoms with E-state index >= 15 is 0 Å². The number of rotatable bonds is 2. The van der Waals surface area contributed by atoms with E-state index in [0.29, 0.717) is 25.9 Å². The second-order valence-electron chi connectivity index (χ2n) is 5.88. The van der Waals surface area contributed by atoms with Crippen LogP contribution in [0.5, 0.6) is 0 Å². The van der Waals surface area contributed by atoms with Gasteiger partial charge in [0.25, 0.3) is 0 Å². The van der Waals surface area contributed by atoms with Crippen molar-refractivity contribution in [1.29, 1.82) is 0 Å². The van der Waals surface area contributed by atoms with E-state index in [0.717, 1.165) is 6.07 Å². The van der Waals surface area contributed by atoms with Crippen LogP contribution in [0.25, 0.3) is 0 Å². The number of urea groups is 1. The highest BCUT2D eigenvalue weighted by atomic mass is 19.4. The summed E-state index contributed by atoms with van der Waals surface area (Å²) in [5.74, 6) is -0.0277. The van der Waals surface area contributed by atoms with E-state index in [9.17, 15) is 18.0 Å². The summed E-state index contributed by atoms with van der Waals surface area (Å²) in [6, 6.07) is 2.27. The van der Waals surface area contributed by atoms with Gasteiger partial charge in [0.2, 0.25) is 0 Å². The second-order valence-corrected chi connectivity index (χ2v) is 5.88. The summed E-state index contributed by atoms with van der Waals surface area (Å²) in [5, 5.41) is 0. The fraction of sp³-hybridized carbons (Fsp3) is 0.600. The summed E-state index contributed by atoms with van der Waals surface area (Å²) >= 11 is 0. The van der Waals surface area contributed by atoms with E-state index in [1.165, 1.54) is 17.2 Å². The molecule has 2 heterocycles. The van der Waals surface area contributed by atoms with Crippen molar-refractivity contribution in [2.75, 3.05) is 39.1 Å². The van der Waals surface area contributed by atoms with Gasteiger partial charge in [0, 0.05) is 46.5 Å². The number of pyridine rings is 1. The molecule has 0 saturated carbocycles. The maximum Gasteiger partial charge on any atom is 0.419 e. The van der Waals surface area contributed by atoms with Gasteiger partial charge in [-0.1, -0.05) is 0 Å². The molecule has 1 fully saturated rings. The Morgan fingerprint density at radius 1 is 1.26 bits per heavy atom. The molecule has 0 N–H and O–H groups in total. The van der Waals surface area contributed by atoms with Crippen LogP contribution < -0.4 is 4.90 Å². The van der Waals surface area contributed by atoms with Gasteiger partial charge in [-0.2, -0.15) is 13.2 Å². The first-order valence-corrected chi connectivity index (χ1v) is 7.43. The molecular weight excluding hydrogens is 309 g/mol. The fourth-order valence-electron chi connectivity index (χ4n) is 2.81. The normalized spacial score (nSPS) is 16.3. The summed E-state index contributed by atoms with van der Waals surface area (Å²) in [6.45, 7) is 0.881. The molecule has 0 atom stereocenters. The molecule has 0 unspecified atom stereocenters. The molecule has 0 aromatic carbocycles. The van der Waals surface area contributed by atoms with Crippen LogP contribution in [0.4, 0.5) is 23.8 Å². The van der Waals surface area contributed by atoms with Crippen molar-refractivity contribution in [3.8, 4) is 0 Å². The predicted octanol–water partition coefficient (Wildman–Crippen LogP) is 2.68. The minimum absolute atomic E-state index is 0.0270. The summed E-state index contributed by atoms with van der Waals surface area (Å²) in [5.41, 5.74) is -0.712. The molecule has 1 aliphatic rings. The molecule has 1 saturated heterocycles. The van der Waals surface area contributed by atoms with E-state index in [-0.39, 0.29) is 17.9 Å². The first-order valence-electron chi connectivity index (χ1n) is 7.43. The van der Waals surface area contributed by atoms with Crippen LogP contribution in [0.2, 0.25) is 0 Å². The average Bonchev–Trinajstić information content (AvgIpc) is 2.52. The Morgan fingerprint density at radius 3 is 2.39 bits per heavy atom. The zero-order chi connectivity index (χ0) is 17.2. The number of carbonyl (C=O) groups excluding carboxylic acids is 1. The third-order valence-electron chi connectivity index (χ3n) is 4.09. The Hall–Kier alpha value is -1.99. The van der Waals surface area contributed by atoms with E-state index in [1.807, 2.05) is 0 Å². The fourth-order valence-corrected chi connectivity index (χ4v) is 2.81. The Bertz CT molecular complexity index is 554. The van der Waals surface area contributed by atoms with E-state index in [1.54, 1.807) is 30.9 Å². The highest BCUT2D eigenvalue weighted by molar-refractivity contribution is 5.73. The summed E-state index contributed by atoms with van der Waals surface area (Å²) in [7, 11) is 5.08. The molecule has 0 spiro atoms. The van der Waals surface area contributed by atoms with Gasteiger partial charge in [0.1, 0.15) is 5.82 Å². The van der Waals surface area contributed by atoms with Crippen LogP contribution in [0.3, 0.4) is 0 Å². The topological polar surface area (TPSA) is 39.7 Å². The van der Waals surface area contributed by atoms with Crippen molar-refractivity contribution in [2.24, 2.45) is 0 Å². The lowest BCUT2D eigenvalue weighted by Gasteiger charge is -2.38. The lowest BCUT2D eigenvalue weighted by atomic mass is 10.0. The monoisotopic (exact) mass is 330 g/mol. The first kappa shape index (κ1) is 17.4. The number of halogens is 3. The maximum atomic E-state index is 13.1. The number of anilines is 1. The second kappa shape index (κ2) is 6.64. The van der Waals surface area contributed by atoms with E-state index in [4.69, 9.17) is 0 Å². The van der Waals surface area contributed by atoms with Crippen molar-refractivity contribution >= 4 is 11.8 Å². The molecule has 0 radical (unpaired) electrons. The molecule has 2 amide bonds. The number of alkyl halides is 3. The SMILES string of the molecule is CN(C)C(=O)N(C)C1CCN(c2ncccc2C(F)(F)F)CC1. The molecule has 0 bridgehead atoms. The highest BCUT2D eigenvalue weighted by Gasteiger charge is 2.36. The molecule has 8 heteroatoms. The minimum Gasteiger partial charge on any atom is -0.356 e. The van der Waals surface area contributed by atoms with Crippen LogP contribution in [0.15, 0.2) is 18.3 Å². The lowest BCUT2D eigenvalue weighted by molar-refractivity contribution is -0.137. The van der Waals surface area contributed by atoms with Gasteiger partial charge >= 0.3 is 12.2 Å². The Kier molecular flexibility index (Phi) is 5.01. The zero-order valence-electron chi connectivity index (χ0n) is 13.5. The van der Waals surface area contributed by atoms with E-state index in [2.05, 4.69) is 4.98 Å². The van der Waals surface area contributed by atoms with Crippen molar-refractivity contribution in [1.82, 2.24) is 14.8 Å². The first-order chi connectivity index (χ1) is 10.7. The van der Waals surface area contributed by atoms with Crippen LogP contribution in [-0.4, -0.2) is 61.1 Å². The van der Waals surface area contributed by atoms with Gasteiger partial charge in [-0.3, -0.25) is 0 Å². The summed E-state index contributed by atoms with van der Waals surface area (Å²) in [4.78, 5) is 20.7. The highest BCUT2D eigenvalue weighted by Crippen LogP contribution is 2.36. The number of hydrogen-bond donors (Lipinski definition) is 0. The molecule has 5 nitrogen and oxygen atoms in total. The van der Waals surface area contributed by atoms with Gasteiger partial charge < -0.3 is 14.7 Å². The van der Waals surface area contributed by atoms with Gasteiger partial charge in [0.15, 0.2) is 0 Å². The van der Waals surface area contributed by atoms with Crippen LogP contribution in [0, 0.1) is 0 Å². The average molecular weight is 330 g/mol. The largest absolute Gasteiger partial charge is 0.419 e. The number of nitrogens with zero attached hydrogens (tertiary/aromatic N) is 4. The molecule has 2 rings (SSSR count). The predicted molar refractivity (Wildman–Crippen MR) is 81.3 cm³/mol. The number of hydrogen-bond acceptors (Lipinski definition) is 3. The number of amides is 2. The van der Waals surface area contributed by atoms with Gasteiger partial charge in [-0.15, -0.1) is 0 Å². The van der Waals surface area contributed by atoms with E-state index < -0.39 is 11.7 Å². The van der Waals surface area contributed by atoms with Gasteiger partial charge in [0.05, 0.1) is 5.56 Å². The summed E-state index contributed by atoms with van der Waals surface area (Å²) < 4.78 is 39.2. The van der Waals surface area contributed by atoms with Crippen LogP contribution in [0.1, 0.15) is 18.4 Å². The summed E-state index contributed by atoms with van der Waals surface area (Å²) in [6.07, 6.45) is -1.82. The maximum absolute atomic E-state index is 13.1. The number of aromatic nitrogens is 1. The Morgan fingerprint density at radius 2 is 1.87 bits per heavy atom. The van der Waals surface area contributed by atoms with Crippen LogP contribution >= 0.6 is 0 Å². The quantitative estimate of drug-likeness (QED) is 0.837. The molecule has 1 aliphatic heterocycles. The molecule has 0 aliphatic carbocycles. The lowest BCUT2D eigenvalue weighted by Crippen LogP contribution is -2.48. The third kappa shape index (κ3) is 3.86. The number of piperidine rings is 1. The Balaban J connectivity index is 2.07. The van der Waals surface area contributed by atoms with Gasteiger partial charge in [-0.25, -0.2) is 9.78 Å². The molecule has 128 valence electrons.